The van der Waals surface area contributed by atoms with E-state index in [4.69, 9.17) is 0 Å². The Kier molecular flexibility index (Phi) is 4.63. The van der Waals surface area contributed by atoms with Gasteiger partial charge in [-0.15, -0.1) is 0 Å². The monoisotopic (exact) mass is 360 g/mol. The van der Waals surface area contributed by atoms with Crippen LogP contribution in [-0.2, 0) is 0 Å². The summed E-state index contributed by atoms with van der Waals surface area (Å²) in [6, 6.07) is 0. The molecule has 4 aliphatic carbocycles. The highest BCUT2D eigenvalue weighted by Gasteiger charge is 2.63. The normalized spacial score (nSPS) is 53.5. The number of hydrogen-bond acceptors (Lipinski definition) is 2. The van der Waals surface area contributed by atoms with Crippen molar-refractivity contribution in [2.45, 2.75) is 103 Å². The van der Waals surface area contributed by atoms with Gasteiger partial charge in [0.2, 0.25) is 0 Å². The Morgan fingerprint density at radius 2 is 1.69 bits per heavy atom. The summed E-state index contributed by atoms with van der Waals surface area (Å²) in [7, 11) is 0. The van der Waals surface area contributed by atoms with E-state index < -0.39 is 5.60 Å². The van der Waals surface area contributed by atoms with Crippen LogP contribution in [0.25, 0.3) is 0 Å². The molecular formula is C24H40O2. The van der Waals surface area contributed by atoms with Crippen LogP contribution in [0.15, 0.2) is 12.2 Å². The van der Waals surface area contributed by atoms with E-state index >= 15 is 0 Å². The minimum atomic E-state index is -0.645. The summed E-state index contributed by atoms with van der Waals surface area (Å²) in [5.41, 5.74) is -0.00544. The van der Waals surface area contributed by atoms with Gasteiger partial charge in [-0.3, -0.25) is 0 Å². The van der Waals surface area contributed by atoms with Crippen LogP contribution in [0.3, 0.4) is 0 Å². The maximum atomic E-state index is 11.4. The molecule has 2 heteroatoms. The largest absolute Gasteiger partial charge is 0.390 e. The van der Waals surface area contributed by atoms with Crippen LogP contribution in [0, 0.1) is 35.0 Å². The maximum Gasteiger partial charge on any atom is 0.0907 e. The van der Waals surface area contributed by atoms with Gasteiger partial charge in [-0.05, 0) is 106 Å². The third-order valence-electron chi connectivity index (χ3n) is 9.68. The molecule has 26 heavy (non-hydrogen) atoms. The fourth-order valence-electron chi connectivity index (χ4n) is 8.37. The molecule has 4 saturated carbocycles. The summed E-state index contributed by atoms with van der Waals surface area (Å²) in [5, 5.41) is 22.4. The first-order valence-corrected chi connectivity index (χ1v) is 11.3. The molecule has 4 aliphatic rings. The maximum absolute atomic E-state index is 11.4. The molecule has 2 nitrogen and oxygen atoms in total. The standard InChI is InChI=1S/C24H40O2/c1-5-11-23(25)13-9-18-17(15-23)6-7-20-19(18)8-12-22(4)21(20)10-14-24(22,26)16(2)3/h17-21,25-26H,2,5-15H2,1,3-4H3. The van der Waals surface area contributed by atoms with Gasteiger partial charge in [0.25, 0.3) is 0 Å². The zero-order valence-electron chi connectivity index (χ0n) is 17.3. The van der Waals surface area contributed by atoms with Crippen molar-refractivity contribution in [2.24, 2.45) is 35.0 Å². The summed E-state index contributed by atoms with van der Waals surface area (Å²) >= 11 is 0. The van der Waals surface area contributed by atoms with E-state index in [9.17, 15) is 10.2 Å². The Hall–Kier alpha value is -0.340. The average molecular weight is 361 g/mol. The molecular weight excluding hydrogens is 320 g/mol. The van der Waals surface area contributed by atoms with Gasteiger partial charge in [-0.1, -0.05) is 26.8 Å². The molecule has 0 aromatic carbocycles. The predicted molar refractivity (Wildman–Crippen MR) is 107 cm³/mol. The fraction of sp³-hybridized carbons (Fsp3) is 0.917. The smallest absolute Gasteiger partial charge is 0.0907 e. The highest BCUT2D eigenvalue weighted by atomic mass is 16.3. The Labute approximate surface area is 160 Å². The van der Waals surface area contributed by atoms with Gasteiger partial charge >= 0.3 is 0 Å². The van der Waals surface area contributed by atoms with E-state index in [0.717, 1.165) is 67.8 Å². The molecule has 8 unspecified atom stereocenters. The molecule has 0 amide bonds. The van der Waals surface area contributed by atoms with Gasteiger partial charge < -0.3 is 10.2 Å². The molecule has 0 aromatic rings. The molecule has 0 aliphatic heterocycles. The van der Waals surface area contributed by atoms with Gasteiger partial charge in [0, 0.05) is 5.41 Å². The summed E-state index contributed by atoms with van der Waals surface area (Å²) in [6.07, 6.45) is 12.5. The van der Waals surface area contributed by atoms with Crippen LogP contribution in [0.2, 0.25) is 0 Å². The molecule has 0 radical (unpaired) electrons. The van der Waals surface area contributed by atoms with Crippen LogP contribution in [0.1, 0.15) is 91.4 Å². The lowest BCUT2D eigenvalue weighted by molar-refractivity contribution is -0.131. The zero-order chi connectivity index (χ0) is 18.7. The van der Waals surface area contributed by atoms with Crippen molar-refractivity contribution in [3.05, 3.63) is 12.2 Å². The van der Waals surface area contributed by atoms with Crippen molar-refractivity contribution >= 4 is 0 Å². The number of rotatable bonds is 3. The molecule has 4 fully saturated rings. The van der Waals surface area contributed by atoms with Crippen LogP contribution in [0.5, 0.6) is 0 Å². The number of aliphatic hydroxyl groups is 2. The molecule has 0 aromatic heterocycles. The zero-order valence-corrected chi connectivity index (χ0v) is 17.3. The predicted octanol–water partition coefficient (Wildman–Crippen LogP) is 5.48. The minimum Gasteiger partial charge on any atom is -0.390 e. The molecule has 0 bridgehead atoms. The molecule has 2 N–H and O–H groups in total. The van der Waals surface area contributed by atoms with Crippen molar-refractivity contribution in [1.29, 1.82) is 0 Å². The Balaban J connectivity index is 1.54. The Bertz CT molecular complexity index is 571. The van der Waals surface area contributed by atoms with Crippen LogP contribution >= 0.6 is 0 Å². The summed E-state index contributed by atoms with van der Waals surface area (Å²) < 4.78 is 0. The summed E-state index contributed by atoms with van der Waals surface area (Å²) in [5.74, 6) is 3.87. The van der Waals surface area contributed by atoms with Gasteiger partial charge in [-0.25, -0.2) is 0 Å². The van der Waals surface area contributed by atoms with E-state index in [-0.39, 0.29) is 11.0 Å². The van der Waals surface area contributed by atoms with Gasteiger partial charge in [0.15, 0.2) is 0 Å². The van der Waals surface area contributed by atoms with E-state index in [1.165, 1.54) is 32.1 Å². The second kappa shape index (κ2) is 6.34. The van der Waals surface area contributed by atoms with Gasteiger partial charge in [-0.2, -0.15) is 0 Å². The van der Waals surface area contributed by atoms with E-state index in [1.54, 1.807) is 0 Å². The molecule has 0 saturated heterocycles. The van der Waals surface area contributed by atoms with Gasteiger partial charge in [0.1, 0.15) is 0 Å². The second-order valence-corrected chi connectivity index (χ2v) is 10.8. The Morgan fingerprint density at radius 1 is 0.962 bits per heavy atom. The van der Waals surface area contributed by atoms with Crippen molar-refractivity contribution < 1.29 is 10.2 Å². The van der Waals surface area contributed by atoms with Crippen molar-refractivity contribution in [1.82, 2.24) is 0 Å². The molecule has 0 heterocycles. The highest BCUT2D eigenvalue weighted by molar-refractivity contribution is 5.24. The first-order chi connectivity index (χ1) is 12.2. The molecule has 8 atom stereocenters. The summed E-state index contributed by atoms with van der Waals surface area (Å²) in [6.45, 7) is 10.8. The average Bonchev–Trinajstić information content (AvgIpc) is 2.87. The van der Waals surface area contributed by atoms with E-state index in [1.807, 2.05) is 6.92 Å². The minimum absolute atomic E-state index is 0.0322. The first kappa shape index (κ1) is 19.0. The molecule has 4 rings (SSSR count). The quantitative estimate of drug-likeness (QED) is 0.655. The first-order valence-electron chi connectivity index (χ1n) is 11.3. The number of hydrogen-bond donors (Lipinski definition) is 2. The summed E-state index contributed by atoms with van der Waals surface area (Å²) in [4.78, 5) is 0. The molecule has 0 spiro atoms. The third-order valence-corrected chi connectivity index (χ3v) is 9.68. The second-order valence-electron chi connectivity index (χ2n) is 10.8. The van der Waals surface area contributed by atoms with Crippen molar-refractivity contribution in [2.75, 3.05) is 0 Å². The lowest BCUT2D eigenvalue weighted by atomic mass is 9.48. The van der Waals surface area contributed by atoms with Crippen LogP contribution < -0.4 is 0 Å². The van der Waals surface area contributed by atoms with Crippen LogP contribution in [-0.4, -0.2) is 21.4 Å². The van der Waals surface area contributed by atoms with Crippen molar-refractivity contribution in [3.63, 3.8) is 0 Å². The fourth-order valence-corrected chi connectivity index (χ4v) is 8.37. The SMILES string of the molecule is C=C(C)C1(O)CCC2C3CCC4CC(O)(CCC)CCC4C3CCC21C. The third kappa shape index (κ3) is 2.58. The van der Waals surface area contributed by atoms with E-state index in [2.05, 4.69) is 20.4 Å². The highest BCUT2D eigenvalue weighted by Crippen LogP contribution is 2.66. The van der Waals surface area contributed by atoms with Crippen LogP contribution in [0.4, 0.5) is 0 Å². The van der Waals surface area contributed by atoms with Gasteiger partial charge in [0.05, 0.1) is 11.2 Å². The lowest BCUT2D eigenvalue weighted by Crippen LogP contribution is -2.54. The number of fused-ring (bicyclic) bond motifs is 5. The topological polar surface area (TPSA) is 40.5 Å². The van der Waals surface area contributed by atoms with Crippen molar-refractivity contribution in [3.8, 4) is 0 Å². The lowest BCUT2D eigenvalue weighted by Gasteiger charge is -2.58. The van der Waals surface area contributed by atoms with E-state index in [0.29, 0.717) is 5.92 Å². The molecule has 148 valence electrons. The Morgan fingerprint density at radius 3 is 2.38 bits per heavy atom.